The van der Waals surface area contributed by atoms with E-state index in [1.807, 2.05) is 0 Å². The summed E-state index contributed by atoms with van der Waals surface area (Å²) in [5.41, 5.74) is -1.71. The van der Waals surface area contributed by atoms with E-state index >= 15 is 0 Å². The van der Waals surface area contributed by atoms with Gasteiger partial charge in [-0.1, -0.05) is 13.0 Å². The highest BCUT2D eigenvalue weighted by Gasteiger charge is 2.32. The van der Waals surface area contributed by atoms with Crippen LogP contribution in [0.3, 0.4) is 0 Å². The molecule has 0 spiro atoms. The Balaban J connectivity index is 2.94. The molecular weight excluding hydrogens is 268 g/mol. The lowest BCUT2D eigenvalue weighted by molar-refractivity contribution is -0.147. The molecule has 2 N–H and O–H groups in total. The zero-order valence-electron chi connectivity index (χ0n) is 11.6. The van der Waals surface area contributed by atoms with Gasteiger partial charge in [-0.3, -0.25) is 9.59 Å². The summed E-state index contributed by atoms with van der Waals surface area (Å²) in [4.78, 5) is 22.9. The highest BCUT2D eigenvalue weighted by molar-refractivity contribution is 5.95. The zero-order valence-corrected chi connectivity index (χ0v) is 11.6. The SMILES string of the molecule is CCC(C)(CNC(=O)c1c(F)ccc(C)c1F)C(=O)O. The first-order valence-electron chi connectivity index (χ1n) is 6.19. The Morgan fingerprint density at radius 1 is 1.35 bits per heavy atom. The number of carboxylic acids is 1. The van der Waals surface area contributed by atoms with Crippen LogP contribution < -0.4 is 5.32 Å². The molecule has 0 saturated carbocycles. The summed E-state index contributed by atoms with van der Waals surface area (Å²) in [5, 5.41) is 11.4. The molecule has 1 amide bonds. The Morgan fingerprint density at radius 2 is 1.95 bits per heavy atom. The Hall–Kier alpha value is -1.98. The van der Waals surface area contributed by atoms with Crippen molar-refractivity contribution in [3.63, 3.8) is 0 Å². The third-order valence-electron chi connectivity index (χ3n) is 3.45. The van der Waals surface area contributed by atoms with Gasteiger partial charge in [0.1, 0.15) is 17.2 Å². The number of rotatable bonds is 5. The van der Waals surface area contributed by atoms with Crippen molar-refractivity contribution in [2.75, 3.05) is 6.54 Å². The molecule has 1 unspecified atom stereocenters. The van der Waals surface area contributed by atoms with Crippen molar-refractivity contribution in [1.29, 1.82) is 0 Å². The number of hydrogen-bond acceptors (Lipinski definition) is 2. The van der Waals surface area contributed by atoms with Crippen LogP contribution in [-0.4, -0.2) is 23.5 Å². The van der Waals surface area contributed by atoms with E-state index in [2.05, 4.69) is 5.32 Å². The molecule has 0 aromatic heterocycles. The van der Waals surface area contributed by atoms with E-state index in [0.29, 0.717) is 0 Å². The van der Waals surface area contributed by atoms with Gasteiger partial charge in [-0.25, -0.2) is 8.78 Å². The zero-order chi connectivity index (χ0) is 15.5. The normalized spacial score (nSPS) is 13.7. The molecule has 1 aromatic rings. The fourth-order valence-corrected chi connectivity index (χ4v) is 1.58. The van der Waals surface area contributed by atoms with Crippen LogP contribution in [0, 0.1) is 24.0 Å². The maximum Gasteiger partial charge on any atom is 0.311 e. The molecular formula is C14H17F2NO3. The molecule has 0 aliphatic carbocycles. The number of aliphatic carboxylic acids is 1. The van der Waals surface area contributed by atoms with Gasteiger partial charge in [0.15, 0.2) is 0 Å². The summed E-state index contributed by atoms with van der Waals surface area (Å²) in [6.07, 6.45) is 0.279. The number of amides is 1. The minimum atomic E-state index is -1.17. The highest BCUT2D eigenvalue weighted by atomic mass is 19.1. The van der Waals surface area contributed by atoms with E-state index in [1.54, 1.807) is 6.92 Å². The quantitative estimate of drug-likeness (QED) is 0.873. The smallest absolute Gasteiger partial charge is 0.311 e. The molecule has 0 bridgehead atoms. The van der Waals surface area contributed by atoms with Crippen molar-refractivity contribution < 1.29 is 23.5 Å². The first kappa shape index (κ1) is 16.1. The van der Waals surface area contributed by atoms with Crippen LogP contribution in [0.15, 0.2) is 12.1 Å². The summed E-state index contributed by atoms with van der Waals surface area (Å²) in [6, 6.07) is 2.23. The van der Waals surface area contributed by atoms with E-state index in [-0.39, 0.29) is 18.5 Å². The molecule has 0 aliphatic heterocycles. The average molecular weight is 285 g/mol. The number of carbonyl (C=O) groups is 2. The van der Waals surface area contributed by atoms with E-state index in [4.69, 9.17) is 5.11 Å². The number of carboxylic acid groups (broad SMARTS) is 1. The lowest BCUT2D eigenvalue weighted by Gasteiger charge is -2.23. The molecule has 20 heavy (non-hydrogen) atoms. The molecule has 110 valence electrons. The second kappa shape index (κ2) is 5.98. The number of aryl methyl sites for hydroxylation is 1. The van der Waals surface area contributed by atoms with E-state index in [9.17, 15) is 18.4 Å². The summed E-state index contributed by atoms with van der Waals surface area (Å²) >= 11 is 0. The lowest BCUT2D eigenvalue weighted by Crippen LogP contribution is -2.41. The largest absolute Gasteiger partial charge is 0.481 e. The summed E-state index contributed by atoms with van der Waals surface area (Å²) in [7, 11) is 0. The predicted molar refractivity (Wildman–Crippen MR) is 69.5 cm³/mol. The third-order valence-corrected chi connectivity index (χ3v) is 3.45. The molecule has 6 heteroatoms. The Kier molecular flexibility index (Phi) is 4.81. The average Bonchev–Trinajstić information content (AvgIpc) is 2.40. The van der Waals surface area contributed by atoms with Crippen molar-refractivity contribution >= 4 is 11.9 Å². The van der Waals surface area contributed by atoms with Crippen molar-refractivity contribution in [3.8, 4) is 0 Å². The van der Waals surface area contributed by atoms with E-state index < -0.39 is 34.5 Å². The highest BCUT2D eigenvalue weighted by Crippen LogP contribution is 2.21. The third kappa shape index (κ3) is 3.12. The van der Waals surface area contributed by atoms with Crippen LogP contribution in [0.2, 0.25) is 0 Å². The van der Waals surface area contributed by atoms with Crippen LogP contribution in [-0.2, 0) is 4.79 Å². The van der Waals surface area contributed by atoms with Crippen molar-refractivity contribution in [2.24, 2.45) is 5.41 Å². The number of carbonyl (C=O) groups excluding carboxylic acids is 1. The lowest BCUT2D eigenvalue weighted by atomic mass is 9.87. The topological polar surface area (TPSA) is 66.4 Å². The van der Waals surface area contributed by atoms with Crippen LogP contribution in [0.1, 0.15) is 36.2 Å². The van der Waals surface area contributed by atoms with Gasteiger partial charge in [-0.15, -0.1) is 0 Å². The predicted octanol–water partition coefficient (Wildman–Crippen LogP) is 2.50. The minimum absolute atomic E-state index is 0.146. The molecule has 0 heterocycles. The van der Waals surface area contributed by atoms with Crippen LogP contribution in [0.25, 0.3) is 0 Å². The number of benzene rings is 1. The van der Waals surface area contributed by atoms with E-state index in [1.165, 1.54) is 19.9 Å². The number of hydrogen-bond donors (Lipinski definition) is 2. The molecule has 0 fully saturated rings. The minimum Gasteiger partial charge on any atom is -0.481 e. The van der Waals surface area contributed by atoms with Crippen LogP contribution in [0.4, 0.5) is 8.78 Å². The first-order chi connectivity index (χ1) is 9.23. The van der Waals surface area contributed by atoms with E-state index in [0.717, 1.165) is 6.07 Å². The first-order valence-corrected chi connectivity index (χ1v) is 6.19. The van der Waals surface area contributed by atoms with Crippen molar-refractivity contribution in [1.82, 2.24) is 5.32 Å². The van der Waals surface area contributed by atoms with Crippen LogP contribution in [0.5, 0.6) is 0 Å². The van der Waals surface area contributed by atoms with Crippen molar-refractivity contribution in [2.45, 2.75) is 27.2 Å². The molecule has 0 radical (unpaired) electrons. The van der Waals surface area contributed by atoms with Gasteiger partial charge < -0.3 is 10.4 Å². The summed E-state index contributed by atoms with van der Waals surface area (Å²) in [6.45, 7) is 4.33. The maximum atomic E-state index is 13.8. The molecule has 1 atom stereocenters. The maximum absolute atomic E-state index is 13.8. The Labute approximate surface area is 115 Å². The van der Waals surface area contributed by atoms with Gasteiger partial charge in [0.05, 0.1) is 5.41 Å². The van der Waals surface area contributed by atoms with Gasteiger partial charge in [0.25, 0.3) is 5.91 Å². The second-order valence-corrected chi connectivity index (χ2v) is 4.96. The molecule has 0 aliphatic rings. The van der Waals surface area contributed by atoms with Gasteiger partial charge in [0.2, 0.25) is 0 Å². The fourth-order valence-electron chi connectivity index (χ4n) is 1.58. The Bertz CT molecular complexity index is 545. The van der Waals surface area contributed by atoms with Gasteiger partial charge >= 0.3 is 5.97 Å². The second-order valence-electron chi connectivity index (χ2n) is 4.96. The molecule has 4 nitrogen and oxygen atoms in total. The van der Waals surface area contributed by atoms with Gasteiger partial charge in [-0.05, 0) is 31.9 Å². The van der Waals surface area contributed by atoms with Crippen LogP contribution >= 0.6 is 0 Å². The number of nitrogens with one attached hydrogen (secondary N) is 1. The standard InChI is InChI=1S/C14H17F2NO3/c1-4-14(3,13(19)20)7-17-12(18)10-9(15)6-5-8(2)11(10)16/h5-6H,4,7H2,1-3H3,(H,17,18)(H,19,20). The molecule has 1 rings (SSSR count). The molecule has 1 aromatic carbocycles. The fraction of sp³-hybridized carbons (Fsp3) is 0.429. The van der Waals surface area contributed by atoms with Gasteiger partial charge in [-0.2, -0.15) is 0 Å². The summed E-state index contributed by atoms with van der Waals surface area (Å²) < 4.78 is 27.3. The number of halogens is 2. The molecule has 0 saturated heterocycles. The van der Waals surface area contributed by atoms with Gasteiger partial charge in [0, 0.05) is 6.54 Å². The Morgan fingerprint density at radius 3 is 2.45 bits per heavy atom. The monoisotopic (exact) mass is 285 g/mol. The van der Waals surface area contributed by atoms with Crippen molar-refractivity contribution in [3.05, 3.63) is 34.9 Å². The summed E-state index contributed by atoms with van der Waals surface area (Å²) in [5.74, 6) is -3.94.